The molecule has 122 valence electrons. The molecule has 3 aromatic rings. The highest BCUT2D eigenvalue weighted by atomic mass is 16.6. The van der Waals surface area contributed by atoms with E-state index in [-0.39, 0.29) is 0 Å². The van der Waals surface area contributed by atoms with Crippen LogP contribution < -0.4 is 14.8 Å². The Bertz CT molecular complexity index is 778. The second-order valence-corrected chi connectivity index (χ2v) is 5.18. The predicted octanol–water partition coefficient (Wildman–Crippen LogP) is 3.77. The molecule has 5 heteroatoms. The Hall–Kier alpha value is -3.21. The summed E-state index contributed by atoms with van der Waals surface area (Å²) in [4.78, 5) is 11.9. The summed E-state index contributed by atoms with van der Waals surface area (Å²) in [5, 5.41) is 2.72. The van der Waals surface area contributed by atoms with Crippen molar-refractivity contribution in [1.29, 1.82) is 0 Å². The van der Waals surface area contributed by atoms with Crippen molar-refractivity contribution >= 4 is 6.09 Å². The summed E-state index contributed by atoms with van der Waals surface area (Å²) in [5.74, 6) is 1.28. The van der Waals surface area contributed by atoms with Gasteiger partial charge in [0, 0.05) is 24.6 Å². The Morgan fingerprint density at radius 2 is 1.58 bits per heavy atom. The van der Waals surface area contributed by atoms with Crippen molar-refractivity contribution in [3.05, 3.63) is 78.6 Å². The minimum Gasteiger partial charge on any atom is -0.497 e. The van der Waals surface area contributed by atoms with E-state index >= 15 is 0 Å². The zero-order valence-electron chi connectivity index (χ0n) is 13.3. The van der Waals surface area contributed by atoms with E-state index in [1.807, 2.05) is 65.5 Å². The molecule has 1 amide bonds. The Balaban J connectivity index is 1.52. The van der Waals surface area contributed by atoms with Gasteiger partial charge in [-0.05, 0) is 54.1 Å². The third-order valence-electron chi connectivity index (χ3n) is 3.55. The topological polar surface area (TPSA) is 52.5 Å². The molecule has 1 N–H and O–H groups in total. The lowest BCUT2D eigenvalue weighted by Crippen LogP contribution is -2.26. The van der Waals surface area contributed by atoms with Gasteiger partial charge in [-0.1, -0.05) is 12.1 Å². The fourth-order valence-corrected chi connectivity index (χ4v) is 2.25. The molecule has 0 unspecified atom stereocenters. The van der Waals surface area contributed by atoms with Crippen molar-refractivity contribution < 1.29 is 14.3 Å². The Labute approximate surface area is 140 Å². The summed E-state index contributed by atoms with van der Waals surface area (Å²) in [5.41, 5.74) is 1.97. The fourth-order valence-electron chi connectivity index (χ4n) is 2.25. The molecular formula is C19H18N2O3. The quantitative estimate of drug-likeness (QED) is 0.778. The molecule has 5 nitrogen and oxygen atoms in total. The molecule has 24 heavy (non-hydrogen) atoms. The van der Waals surface area contributed by atoms with Crippen LogP contribution in [0.2, 0.25) is 0 Å². The standard InChI is InChI=1S/C19H18N2O3/c1-23-17-8-4-15(5-9-17)14-20-19(22)24-18-10-6-16(7-11-18)21-12-2-3-13-21/h2-13H,14H2,1H3,(H,20,22). The lowest BCUT2D eigenvalue weighted by Gasteiger charge is -2.08. The molecule has 0 bridgehead atoms. The van der Waals surface area contributed by atoms with Gasteiger partial charge in [-0.3, -0.25) is 0 Å². The van der Waals surface area contributed by atoms with Crippen LogP contribution in [0.5, 0.6) is 11.5 Å². The number of methoxy groups -OCH3 is 1. The maximum Gasteiger partial charge on any atom is 0.412 e. The van der Waals surface area contributed by atoms with Crippen molar-refractivity contribution in [3.63, 3.8) is 0 Å². The smallest absolute Gasteiger partial charge is 0.412 e. The number of nitrogens with zero attached hydrogens (tertiary/aromatic N) is 1. The average molecular weight is 322 g/mol. The zero-order chi connectivity index (χ0) is 16.8. The first-order valence-electron chi connectivity index (χ1n) is 7.56. The highest BCUT2D eigenvalue weighted by Crippen LogP contribution is 2.16. The molecule has 0 radical (unpaired) electrons. The monoisotopic (exact) mass is 322 g/mol. The highest BCUT2D eigenvalue weighted by Gasteiger charge is 2.05. The number of nitrogens with one attached hydrogen (secondary N) is 1. The van der Waals surface area contributed by atoms with Crippen LogP contribution >= 0.6 is 0 Å². The molecule has 1 aromatic heterocycles. The van der Waals surface area contributed by atoms with E-state index in [4.69, 9.17) is 9.47 Å². The molecule has 0 aliphatic heterocycles. The van der Waals surface area contributed by atoms with Crippen LogP contribution in [0.1, 0.15) is 5.56 Å². The van der Waals surface area contributed by atoms with Crippen molar-refractivity contribution in [2.45, 2.75) is 6.54 Å². The molecule has 0 atom stereocenters. The van der Waals surface area contributed by atoms with E-state index in [2.05, 4.69) is 5.32 Å². The fraction of sp³-hybridized carbons (Fsp3) is 0.105. The van der Waals surface area contributed by atoms with E-state index in [1.165, 1.54) is 0 Å². The van der Waals surface area contributed by atoms with Crippen molar-refractivity contribution in [3.8, 4) is 17.2 Å². The number of benzene rings is 2. The summed E-state index contributed by atoms with van der Waals surface area (Å²) >= 11 is 0. The van der Waals surface area contributed by atoms with Crippen LogP contribution in [0.15, 0.2) is 73.1 Å². The van der Waals surface area contributed by atoms with Gasteiger partial charge in [0.05, 0.1) is 7.11 Å². The maximum absolute atomic E-state index is 11.9. The minimum atomic E-state index is -0.487. The van der Waals surface area contributed by atoms with E-state index in [9.17, 15) is 4.79 Å². The second-order valence-electron chi connectivity index (χ2n) is 5.18. The maximum atomic E-state index is 11.9. The van der Waals surface area contributed by atoms with Crippen LogP contribution in [0, 0.1) is 0 Å². The lowest BCUT2D eigenvalue weighted by molar-refractivity contribution is 0.200. The molecule has 1 heterocycles. The van der Waals surface area contributed by atoms with E-state index in [1.54, 1.807) is 19.2 Å². The minimum absolute atomic E-state index is 0.393. The van der Waals surface area contributed by atoms with Gasteiger partial charge in [0.25, 0.3) is 0 Å². The zero-order valence-corrected chi connectivity index (χ0v) is 13.3. The van der Waals surface area contributed by atoms with Gasteiger partial charge >= 0.3 is 6.09 Å². The molecule has 0 fully saturated rings. The molecule has 3 rings (SSSR count). The molecule has 0 saturated carbocycles. The summed E-state index contributed by atoms with van der Waals surface area (Å²) in [6.07, 6.45) is 3.43. The first-order valence-corrected chi connectivity index (χ1v) is 7.56. The normalized spacial score (nSPS) is 10.2. The summed E-state index contributed by atoms with van der Waals surface area (Å²) < 4.78 is 12.3. The number of rotatable bonds is 5. The molecular weight excluding hydrogens is 304 g/mol. The van der Waals surface area contributed by atoms with Crippen LogP contribution in [0.3, 0.4) is 0 Å². The van der Waals surface area contributed by atoms with E-state index in [0.717, 1.165) is 17.0 Å². The number of hydrogen-bond donors (Lipinski definition) is 1. The summed E-state index contributed by atoms with van der Waals surface area (Å²) in [6, 6.07) is 18.7. The van der Waals surface area contributed by atoms with Crippen LogP contribution in [0.25, 0.3) is 5.69 Å². The van der Waals surface area contributed by atoms with Crippen molar-refractivity contribution in [2.75, 3.05) is 7.11 Å². The summed E-state index contributed by atoms with van der Waals surface area (Å²) in [6.45, 7) is 0.393. The van der Waals surface area contributed by atoms with Crippen LogP contribution in [-0.4, -0.2) is 17.8 Å². The predicted molar refractivity (Wildman–Crippen MR) is 91.6 cm³/mol. The van der Waals surface area contributed by atoms with Gasteiger partial charge < -0.3 is 19.4 Å². The van der Waals surface area contributed by atoms with Crippen molar-refractivity contribution in [1.82, 2.24) is 9.88 Å². The SMILES string of the molecule is COc1ccc(CNC(=O)Oc2ccc(-n3cccc3)cc2)cc1. The highest BCUT2D eigenvalue weighted by molar-refractivity contribution is 5.70. The van der Waals surface area contributed by atoms with Gasteiger partial charge in [0.15, 0.2) is 0 Å². The number of carbonyl (C=O) groups excluding carboxylic acids is 1. The van der Waals surface area contributed by atoms with Gasteiger partial charge in [0.2, 0.25) is 0 Å². The van der Waals surface area contributed by atoms with Crippen molar-refractivity contribution in [2.24, 2.45) is 0 Å². The van der Waals surface area contributed by atoms with Gasteiger partial charge in [-0.2, -0.15) is 0 Å². The van der Waals surface area contributed by atoms with E-state index in [0.29, 0.717) is 12.3 Å². The molecule has 0 aliphatic rings. The molecule has 0 saturated heterocycles. The summed E-state index contributed by atoms with van der Waals surface area (Å²) in [7, 11) is 1.62. The average Bonchev–Trinajstić information content (AvgIpc) is 3.16. The Morgan fingerprint density at radius 1 is 0.958 bits per heavy atom. The van der Waals surface area contributed by atoms with Gasteiger partial charge in [-0.25, -0.2) is 4.79 Å². The van der Waals surface area contributed by atoms with Gasteiger partial charge in [-0.15, -0.1) is 0 Å². The van der Waals surface area contributed by atoms with Crippen LogP contribution in [-0.2, 0) is 6.54 Å². The number of amides is 1. The number of hydrogen-bond acceptors (Lipinski definition) is 3. The Morgan fingerprint density at radius 3 is 2.21 bits per heavy atom. The first kappa shape index (κ1) is 15.7. The first-order chi connectivity index (χ1) is 11.7. The third-order valence-corrected chi connectivity index (χ3v) is 3.55. The van der Waals surface area contributed by atoms with Crippen LogP contribution in [0.4, 0.5) is 4.79 Å². The molecule has 0 aliphatic carbocycles. The Kier molecular flexibility index (Phi) is 4.81. The third kappa shape index (κ3) is 3.95. The van der Waals surface area contributed by atoms with E-state index < -0.39 is 6.09 Å². The number of carbonyl (C=O) groups is 1. The number of ether oxygens (including phenoxy) is 2. The van der Waals surface area contributed by atoms with Gasteiger partial charge in [0.1, 0.15) is 11.5 Å². The second kappa shape index (κ2) is 7.37. The number of aromatic nitrogens is 1. The lowest BCUT2D eigenvalue weighted by atomic mass is 10.2. The molecule has 2 aromatic carbocycles. The molecule has 0 spiro atoms. The largest absolute Gasteiger partial charge is 0.497 e.